The zero-order valence-corrected chi connectivity index (χ0v) is 16.0. The van der Waals surface area contributed by atoms with Crippen molar-refractivity contribution in [3.8, 4) is 21.6 Å². The van der Waals surface area contributed by atoms with Crippen molar-refractivity contribution in [1.82, 2.24) is 4.98 Å². The maximum absolute atomic E-state index is 3.59. The number of hydrogen-bond donors (Lipinski definition) is 1. The van der Waals surface area contributed by atoms with E-state index in [0.717, 1.165) is 0 Å². The molecule has 0 saturated carbocycles. The van der Waals surface area contributed by atoms with Crippen LogP contribution in [0.15, 0.2) is 97.1 Å². The number of benzene rings is 4. The molecule has 1 N–H and O–H groups in total. The molecular weight excluding hydrogens is 358 g/mol. The quantitative estimate of drug-likeness (QED) is 0.317. The van der Waals surface area contributed by atoms with Crippen LogP contribution in [0, 0.1) is 0 Å². The number of aromatic amines is 1. The number of nitrogens with one attached hydrogen (secondary N) is 1. The Labute approximate surface area is 166 Å². The van der Waals surface area contributed by atoms with Crippen LogP contribution in [0.1, 0.15) is 0 Å². The minimum absolute atomic E-state index is 1.19. The Morgan fingerprint density at radius 2 is 1.25 bits per heavy atom. The van der Waals surface area contributed by atoms with Gasteiger partial charge < -0.3 is 4.98 Å². The number of fused-ring (bicyclic) bond motifs is 4. The second kappa shape index (κ2) is 6.08. The summed E-state index contributed by atoms with van der Waals surface area (Å²) in [6, 6.07) is 34.8. The lowest BCUT2D eigenvalue weighted by Gasteiger charge is -2.06. The van der Waals surface area contributed by atoms with Crippen LogP contribution in [0.4, 0.5) is 0 Å². The Kier molecular flexibility index (Phi) is 3.40. The molecule has 6 aromatic rings. The Morgan fingerprint density at radius 3 is 2.14 bits per heavy atom. The summed E-state index contributed by atoms with van der Waals surface area (Å²) in [6.45, 7) is 0. The highest BCUT2D eigenvalue weighted by molar-refractivity contribution is 7.23. The second-order valence-corrected chi connectivity index (χ2v) is 8.15. The van der Waals surface area contributed by atoms with Gasteiger partial charge >= 0.3 is 0 Å². The zero-order chi connectivity index (χ0) is 18.5. The third kappa shape index (κ3) is 2.32. The predicted octanol–water partition coefficient (Wildman–Crippen LogP) is 7.87. The Morgan fingerprint density at radius 1 is 0.536 bits per heavy atom. The lowest BCUT2D eigenvalue weighted by atomic mass is 9.98. The van der Waals surface area contributed by atoms with Gasteiger partial charge in [0.25, 0.3) is 0 Å². The molecule has 0 unspecified atom stereocenters. The van der Waals surface area contributed by atoms with Gasteiger partial charge in [0, 0.05) is 42.3 Å². The normalized spacial score (nSPS) is 11.6. The molecule has 2 heterocycles. The summed E-state index contributed by atoms with van der Waals surface area (Å²) in [6.07, 6.45) is 0. The number of H-pyrrole nitrogens is 1. The van der Waals surface area contributed by atoms with Crippen molar-refractivity contribution < 1.29 is 0 Å². The van der Waals surface area contributed by atoms with Crippen LogP contribution in [0.5, 0.6) is 0 Å². The number of rotatable bonds is 2. The Bertz CT molecular complexity index is 1450. The Balaban J connectivity index is 1.65. The molecule has 4 aromatic carbocycles. The Hall–Kier alpha value is -3.36. The van der Waals surface area contributed by atoms with Crippen LogP contribution in [0.3, 0.4) is 0 Å². The van der Waals surface area contributed by atoms with E-state index >= 15 is 0 Å². The minimum Gasteiger partial charge on any atom is -0.354 e. The van der Waals surface area contributed by atoms with Gasteiger partial charge in [-0.15, -0.1) is 11.3 Å². The molecule has 2 aromatic heterocycles. The monoisotopic (exact) mass is 375 g/mol. The molecule has 0 bridgehead atoms. The third-order valence-corrected chi connectivity index (χ3v) is 6.65. The van der Waals surface area contributed by atoms with E-state index in [4.69, 9.17) is 0 Å². The largest absolute Gasteiger partial charge is 0.354 e. The predicted molar refractivity (Wildman–Crippen MR) is 122 cm³/mol. The fraction of sp³-hybridized carbons (Fsp3) is 0. The average Bonchev–Trinajstić information content (AvgIpc) is 3.32. The minimum atomic E-state index is 1.19. The van der Waals surface area contributed by atoms with Crippen LogP contribution in [-0.2, 0) is 0 Å². The summed E-state index contributed by atoms with van der Waals surface area (Å²) in [4.78, 5) is 4.91. The van der Waals surface area contributed by atoms with Crippen molar-refractivity contribution in [2.75, 3.05) is 0 Å². The molecular formula is C26H17NS. The zero-order valence-electron chi connectivity index (χ0n) is 15.1. The molecule has 0 aliphatic rings. The van der Waals surface area contributed by atoms with Crippen LogP contribution < -0.4 is 0 Å². The first-order chi connectivity index (χ1) is 13.9. The first-order valence-corrected chi connectivity index (χ1v) is 10.3. The maximum Gasteiger partial charge on any atom is 0.0471 e. The molecule has 1 nitrogen and oxygen atoms in total. The number of para-hydroxylation sites is 1. The fourth-order valence-corrected chi connectivity index (χ4v) is 5.36. The van der Waals surface area contributed by atoms with Gasteiger partial charge in [-0.1, -0.05) is 78.9 Å². The molecule has 0 aliphatic carbocycles. The van der Waals surface area contributed by atoms with Crippen molar-refractivity contribution in [3.05, 3.63) is 97.1 Å². The van der Waals surface area contributed by atoms with Crippen molar-refractivity contribution in [1.29, 1.82) is 0 Å². The topological polar surface area (TPSA) is 15.8 Å². The van der Waals surface area contributed by atoms with E-state index in [1.807, 2.05) is 11.3 Å². The van der Waals surface area contributed by atoms with E-state index in [-0.39, 0.29) is 0 Å². The van der Waals surface area contributed by atoms with Crippen LogP contribution in [-0.4, -0.2) is 4.98 Å². The summed E-state index contributed by atoms with van der Waals surface area (Å²) in [5, 5.41) is 3.89. The van der Waals surface area contributed by atoms with Crippen molar-refractivity contribution >= 4 is 43.2 Å². The van der Waals surface area contributed by atoms with E-state index in [9.17, 15) is 0 Å². The van der Waals surface area contributed by atoms with Gasteiger partial charge in [0.05, 0.1) is 0 Å². The highest BCUT2D eigenvalue weighted by Gasteiger charge is 2.16. The molecule has 0 fully saturated rings. The molecule has 0 saturated heterocycles. The lowest BCUT2D eigenvalue weighted by molar-refractivity contribution is 1.55. The van der Waals surface area contributed by atoms with Gasteiger partial charge in [-0.25, -0.2) is 0 Å². The van der Waals surface area contributed by atoms with E-state index in [1.54, 1.807) is 0 Å². The van der Waals surface area contributed by atoms with Crippen molar-refractivity contribution in [2.24, 2.45) is 0 Å². The average molecular weight is 375 g/mol. The molecule has 28 heavy (non-hydrogen) atoms. The molecule has 2 heteroatoms. The standard InChI is InChI=1S/C26H17NS/c1-2-8-17(9-3-1)25-21-11-5-7-13-24(21)28-26(25)18-14-15-20-19-10-4-6-12-22(19)27-23(20)16-18/h1-16,27H. The van der Waals surface area contributed by atoms with Gasteiger partial charge in [-0.2, -0.15) is 0 Å². The van der Waals surface area contributed by atoms with Gasteiger partial charge in [0.15, 0.2) is 0 Å². The molecule has 0 atom stereocenters. The van der Waals surface area contributed by atoms with Crippen LogP contribution in [0.2, 0.25) is 0 Å². The van der Waals surface area contributed by atoms with Crippen LogP contribution >= 0.6 is 11.3 Å². The molecule has 6 rings (SSSR count). The van der Waals surface area contributed by atoms with Crippen molar-refractivity contribution in [3.63, 3.8) is 0 Å². The van der Waals surface area contributed by atoms with Crippen molar-refractivity contribution in [2.45, 2.75) is 0 Å². The molecule has 0 radical (unpaired) electrons. The number of hydrogen-bond acceptors (Lipinski definition) is 1. The van der Waals surface area contributed by atoms with Gasteiger partial charge in [-0.05, 0) is 29.3 Å². The smallest absolute Gasteiger partial charge is 0.0471 e. The maximum atomic E-state index is 3.59. The van der Waals surface area contributed by atoms with Gasteiger partial charge in [0.1, 0.15) is 0 Å². The summed E-state index contributed by atoms with van der Waals surface area (Å²) in [5.41, 5.74) is 6.24. The van der Waals surface area contributed by atoms with Gasteiger partial charge in [0.2, 0.25) is 0 Å². The van der Waals surface area contributed by atoms with E-state index in [1.165, 1.54) is 53.5 Å². The van der Waals surface area contributed by atoms with Gasteiger partial charge in [-0.3, -0.25) is 0 Å². The second-order valence-electron chi connectivity index (χ2n) is 7.10. The summed E-state index contributed by atoms with van der Waals surface area (Å²) in [5.74, 6) is 0. The summed E-state index contributed by atoms with van der Waals surface area (Å²) < 4.78 is 1.33. The number of aromatic nitrogens is 1. The fourth-order valence-electron chi connectivity index (χ4n) is 4.14. The van der Waals surface area contributed by atoms with E-state index in [0.29, 0.717) is 0 Å². The summed E-state index contributed by atoms with van der Waals surface area (Å²) in [7, 11) is 0. The molecule has 132 valence electrons. The highest BCUT2D eigenvalue weighted by atomic mass is 32.1. The van der Waals surface area contributed by atoms with E-state index < -0.39 is 0 Å². The van der Waals surface area contributed by atoms with E-state index in [2.05, 4.69) is 102 Å². The highest BCUT2D eigenvalue weighted by Crippen LogP contribution is 2.45. The third-order valence-electron chi connectivity index (χ3n) is 5.43. The first-order valence-electron chi connectivity index (χ1n) is 9.46. The molecule has 0 aliphatic heterocycles. The molecule has 0 amide bonds. The molecule has 0 spiro atoms. The number of thiophene rings is 1. The first kappa shape index (κ1) is 15.7. The van der Waals surface area contributed by atoms with Crippen LogP contribution in [0.25, 0.3) is 53.5 Å². The summed E-state index contributed by atoms with van der Waals surface area (Å²) >= 11 is 1.87. The lowest BCUT2D eigenvalue weighted by Crippen LogP contribution is -1.80. The SMILES string of the molecule is c1ccc(-c2c(-c3ccc4c(c3)[nH]c3ccccc34)sc3ccccc23)cc1.